The Bertz CT molecular complexity index is 1120. The van der Waals surface area contributed by atoms with Crippen LogP contribution in [0.1, 0.15) is 16.7 Å². The normalized spacial score (nSPS) is 10.5. The van der Waals surface area contributed by atoms with Gasteiger partial charge in [-0.3, -0.25) is 5.32 Å². The van der Waals surface area contributed by atoms with Gasteiger partial charge in [0, 0.05) is 0 Å². The number of carbonyl (C=O) groups is 2. The lowest BCUT2D eigenvalue weighted by molar-refractivity contribution is -0.140. The van der Waals surface area contributed by atoms with Gasteiger partial charge in [-0.05, 0) is 16.7 Å². The van der Waals surface area contributed by atoms with Crippen molar-refractivity contribution in [3.8, 4) is 0 Å². The summed E-state index contributed by atoms with van der Waals surface area (Å²) in [5.74, 6) is -0.760. The summed E-state index contributed by atoms with van der Waals surface area (Å²) in [5.41, 5.74) is 2.43. The minimum atomic E-state index is -0.807. The van der Waals surface area contributed by atoms with Crippen molar-refractivity contribution in [2.24, 2.45) is 9.98 Å². The van der Waals surface area contributed by atoms with Crippen LogP contribution in [-0.4, -0.2) is 18.1 Å². The molecule has 0 aliphatic carbocycles. The minimum absolute atomic E-state index is 0.0452. The van der Waals surface area contributed by atoms with Gasteiger partial charge < -0.3 is 9.47 Å². The van der Waals surface area contributed by atoms with Crippen LogP contribution >= 0.6 is 0 Å². The Hall–Kier alpha value is -4.48. The van der Waals surface area contributed by atoms with Crippen LogP contribution in [0, 0.1) is 0 Å². The summed E-state index contributed by atoms with van der Waals surface area (Å²) in [4.78, 5) is 32.7. The van der Waals surface area contributed by atoms with Gasteiger partial charge in [0.15, 0.2) is 0 Å². The summed E-state index contributed by atoms with van der Waals surface area (Å²) >= 11 is 0. The van der Waals surface area contributed by atoms with Crippen molar-refractivity contribution in [2.45, 2.75) is 19.8 Å². The van der Waals surface area contributed by atoms with Gasteiger partial charge in [0.1, 0.15) is 18.9 Å². The van der Waals surface area contributed by atoms with Crippen molar-refractivity contribution < 1.29 is 19.1 Å². The molecule has 0 unspecified atom stereocenters. The van der Waals surface area contributed by atoms with Crippen LogP contribution in [0.15, 0.2) is 113 Å². The maximum Gasteiger partial charge on any atom is 0.412 e. The molecule has 0 radical (unpaired) electrons. The quantitative estimate of drug-likeness (QED) is 0.291. The van der Waals surface area contributed by atoms with E-state index < -0.39 is 12.1 Å². The summed E-state index contributed by atoms with van der Waals surface area (Å²) in [6.45, 7) is 0.489. The molecule has 0 fully saturated rings. The predicted octanol–water partition coefficient (Wildman–Crippen LogP) is 4.87. The molecule has 3 rings (SSSR count). The molecule has 0 atom stereocenters. The molecule has 0 bridgehead atoms. The number of amides is 1. The first-order valence-corrected chi connectivity index (χ1v) is 10.2. The molecule has 166 valence electrons. The van der Waals surface area contributed by atoms with E-state index in [0.29, 0.717) is 6.54 Å². The Morgan fingerprint density at radius 2 is 1.27 bits per heavy atom. The standard InChI is InChI=1S/C26H23N3O4/c30-25(32-18-22-12-6-2-7-13-22)24(17-28-20-27-16-21-10-4-1-5-11-21)29-26(31)33-19-23-14-8-3-9-15-23/h1-15,17H,16,18-19H2,(H,29,31)/b24-17-. The van der Waals surface area contributed by atoms with Crippen LogP contribution in [0.25, 0.3) is 0 Å². The summed E-state index contributed by atoms with van der Waals surface area (Å²) in [6, 6.07) is 30.5. The largest absolute Gasteiger partial charge is 0.456 e. The number of esters is 1. The summed E-state index contributed by atoms with van der Waals surface area (Å²) in [5, 5.41) is 2.38. The number of nitrogens with one attached hydrogen (secondary N) is 1. The lowest BCUT2D eigenvalue weighted by atomic mass is 10.2. The SMILES string of the molecule is O=C(N/C(=C\N=C=NCc1ccccc1)C(=O)OCc1ccccc1)OCc1ccccc1. The highest BCUT2D eigenvalue weighted by molar-refractivity contribution is 5.92. The molecule has 0 aromatic heterocycles. The molecule has 0 heterocycles. The van der Waals surface area contributed by atoms with Crippen molar-refractivity contribution in [1.29, 1.82) is 0 Å². The third-order valence-electron chi connectivity index (χ3n) is 4.31. The molecule has 33 heavy (non-hydrogen) atoms. The number of alkyl carbamates (subject to hydrolysis) is 1. The molecule has 3 aromatic carbocycles. The Labute approximate surface area is 192 Å². The van der Waals surface area contributed by atoms with Crippen LogP contribution in [0.4, 0.5) is 4.79 Å². The fourth-order valence-corrected chi connectivity index (χ4v) is 2.65. The van der Waals surface area contributed by atoms with Crippen LogP contribution in [0.3, 0.4) is 0 Å². The monoisotopic (exact) mass is 441 g/mol. The second-order valence-electron chi connectivity index (χ2n) is 6.82. The maximum absolute atomic E-state index is 12.5. The topological polar surface area (TPSA) is 89.4 Å². The van der Waals surface area contributed by atoms with Gasteiger partial charge in [0.2, 0.25) is 0 Å². The first kappa shape index (κ1) is 23.2. The highest BCUT2D eigenvalue weighted by atomic mass is 16.6. The van der Waals surface area contributed by atoms with Crippen molar-refractivity contribution in [2.75, 3.05) is 0 Å². The molecule has 0 spiro atoms. The van der Waals surface area contributed by atoms with Crippen molar-refractivity contribution in [3.63, 3.8) is 0 Å². The van der Waals surface area contributed by atoms with Crippen LogP contribution in [0.5, 0.6) is 0 Å². The minimum Gasteiger partial charge on any atom is -0.456 e. The van der Waals surface area contributed by atoms with Gasteiger partial charge in [-0.25, -0.2) is 14.6 Å². The van der Waals surface area contributed by atoms with E-state index in [-0.39, 0.29) is 18.9 Å². The molecular formula is C26H23N3O4. The van der Waals surface area contributed by atoms with E-state index in [1.165, 1.54) is 0 Å². The summed E-state index contributed by atoms with van der Waals surface area (Å²) in [7, 11) is 0. The van der Waals surface area contributed by atoms with E-state index >= 15 is 0 Å². The molecule has 0 saturated carbocycles. The zero-order chi connectivity index (χ0) is 23.1. The van der Waals surface area contributed by atoms with Gasteiger partial charge in [-0.15, -0.1) is 0 Å². The highest BCUT2D eigenvalue weighted by Gasteiger charge is 2.16. The number of hydrogen-bond donors (Lipinski definition) is 1. The first-order valence-electron chi connectivity index (χ1n) is 10.2. The number of rotatable bonds is 9. The second-order valence-corrected chi connectivity index (χ2v) is 6.82. The fraction of sp³-hybridized carbons (Fsp3) is 0.115. The van der Waals surface area contributed by atoms with Gasteiger partial charge >= 0.3 is 12.1 Å². The third kappa shape index (κ3) is 8.65. The molecule has 0 saturated heterocycles. The van der Waals surface area contributed by atoms with E-state index in [4.69, 9.17) is 9.47 Å². The average molecular weight is 441 g/mol. The molecular weight excluding hydrogens is 418 g/mol. The Morgan fingerprint density at radius 3 is 1.85 bits per heavy atom. The number of carbonyl (C=O) groups excluding carboxylic acids is 2. The molecule has 3 aromatic rings. The van der Waals surface area contributed by atoms with Crippen molar-refractivity contribution in [3.05, 3.63) is 120 Å². The number of aliphatic imine (C=N–C) groups is 2. The van der Waals surface area contributed by atoms with Crippen LogP contribution in [-0.2, 0) is 34.0 Å². The van der Waals surface area contributed by atoms with Crippen molar-refractivity contribution >= 4 is 18.1 Å². The number of hydrogen-bond acceptors (Lipinski definition) is 6. The van der Waals surface area contributed by atoms with E-state index in [1.54, 1.807) is 0 Å². The predicted molar refractivity (Wildman–Crippen MR) is 124 cm³/mol. The Kier molecular flexibility index (Phi) is 9.17. The van der Waals surface area contributed by atoms with E-state index in [1.807, 2.05) is 91.0 Å². The second kappa shape index (κ2) is 13.0. The smallest absolute Gasteiger partial charge is 0.412 e. The van der Waals surface area contributed by atoms with Gasteiger partial charge in [0.25, 0.3) is 0 Å². The molecule has 0 aliphatic heterocycles. The lowest BCUT2D eigenvalue weighted by Gasteiger charge is -2.10. The van der Waals surface area contributed by atoms with E-state index in [2.05, 4.69) is 21.3 Å². The van der Waals surface area contributed by atoms with E-state index in [0.717, 1.165) is 22.9 Å². The fourth-order valence-electron chi connectivity index (χ4n) is 2.65. The zero-order valence-corrected chi connectivity index (χ0v) is 17.9. The Balaban J connectivity index is 1.63. The van der Waals surface area contributed by atoms with Crippen LogP contribution < -0.4 is 5.32 Å². The molecule has 7 heteroatoms. The van der Waals surface area contributed by atoms with Crippen LogP contribution in [0.2, 0.25) is 0 Å². The molecule has 0 aliphatic rings. The van der Waals surface area contributed by atoms with Crippen molar-refractivity contribution in [1.82, 2.24) is 5.32 Å². The highest BCUT2D eigenvalue weighted by Crippen LogP contribution is 2.05. The molecule has 1 amide bonds. The number of benzene rings is 3. The van der Waals surface area contributed by atoms with Gasteiger partial charge in [0.05, 0.1) is 18.8 Å². The van der Waals surface area contributed by atoms with Gasteiger partial charge in [-0.1, -0.05) is 91.0 Å². The van der Waals surface area contributed by atoms with E-state index in [9.17, 15) is 9.59 Å². The maximum atomic E-state index is 12.5. The molecule has 7 nitrogen and oxygen atoms in total. The summed E-state index contributed by atoms with van der Waals surface area (Å²) < 4.78 is 10.5. The average Bonchev–Trinajstić information content (AvgIpc) is 2.87. The summed E-state index contributed by atoms with van der Waals surface area (Å²) in [6.07, 6.45) is 0.323. The molecule has 1 N–H and O–H groups in total. The Morgan fingerprint density at radius 1 is 0.758 bits per heavy atom. The third-order valence-corrected chi connectivity index (χ3v) is 4.31. The van der Waals surface area contributed by atoms with Gasteiger partial charge in [-0.2, -0.15) is 4.99 Å². The first-order chi connectivity index (χ1) is 16.2. The zero-order valence-electron chi connectivity index (χ0n) is 17.9. The lowest BCUT2D eigenvalue weighted by Crippen LogP contribution is -2.29. The number of nitrogens with zero attached hydrogens (tertiary/aromatic N) is 2. The number of ether oxygens (including phenoxy) is 2.